The predicted octanol–water partition coefficient (Wildman–Crippen LogP) is 4.85. The van der Waals surface area contributed by atoms with Gasteiger partial charge in [-0.05, 0) is 50.8 Å². The smallest absolute Gasteiger partial charge is 0.235 e. The lowest BCUT2D eigenvalue weighted by atomic mass is 9.96. The second kappa shape index (κ2) is 8.01. The largest absolute Gasteiger partial charge is 0.357 e. The minimum atomic E-state index is -3.39. The summed E-state index contributed by atoms with van der Waals surface area (Å²) >= 11 is 6.34. The van der Waals surface area contributed by atoms with Crippen molar-refractivity contribution in [2.24, 2.45) is 0 Å². The Morgan fingerprint density at radius 2 is 1.81 bits per heavy atom. The first-order chi connectivity index (χ1) is 12.4. The number of allylic oxidation sites excluding steroid dienone is 2. The van der Waals surface area contributed by atoms with Gasteiger partial charge in [0.1, 0.15) is 0 Å². The van der Waals surface area contributed by atoms with Crippen molar-refractivity contribution in [1.82, 2.24) is 0 Å². The van der Waals surface area contributed by atoms with Gasteiger partial charge in [0.25, 0.3) is 0 Å². The second-order valence-corrected chi connectivity index (χ2v) is 9.48. The molecule has 5 nitrogen and oxygen atoms in total. The number of carbonyl (C=O) groups is 1. The number of ketones is 1. The van der Waals surface area contributed by atoms with E-state index in [2.05, 4.69) is 10.0 Å². The highest BCUT2D eigenvalue weighted by molar-refractivity contribution is 7.93. The van der Waals surface area contributed by atoms with Crippen molar-refractivity contribution in [1.29, 1.82) is 0 Å². The number of anilines is 2. The molecule has 2 aliphatic carbocycles. The lowest BCUT2D eigenvalue weighted by Crippen LogP contribution is -2.29. The Labute approximate surface area is 160 Å². The van der Waals surface area contributed by atoms with E-state index in [1.807, 2.05) is 6.92 Å². The molecular formula is C19H25ClN2O3S. The van der Waals surface area contributed by atoms with Crippen LogP contribution in [0.2, 0.25) is 5.02 Å². The van der Waals surface area contributed by atoms with Gasteiger partial charge in [-0.25, -0.2) is 8.42 Å². The van der Waals surface area contributed by atoms with Crippen LogP contribution in [0.25, 0.3) is 0 Å². The molecule has 0 amide bonds. The number of Topliss-reactive ketones (excluding diaryl/α,β-unsaturated/α-hetero) is 1. The number of nitrogens with one attached hydrogen (secondary N) is 2. The summed E-state index contributed by atoms with van der Waals surface area (Å²) in [5.41, 5.74) is 2.78. The molecule has 0 radical (unpaired) electrons. The van der Waals surface area contributed by atoms with Gasteiger partial charge in [0, 0.05) is 17.7 Å². The van der Waals surface area contributed by atoms with Crippen molar-refractivity contribution in [3.63, 3.8) is 0 Å². The maximum absolute atomic E-state index is 12.5. The number of halogens is 1. The van der Waals surface area contributed by atoms with Crippen molar-refractivity contribution in [3.05, 3.63) is 34.5 Å². The van der Waals surface area contributed by atoms with E-state index in [0.717, 1.165) is 43.4 Å². The molecule has 1 aromatic rings. The van der Waals surface area contributed by atoms with E-state index in [1.54, 1.807) is 18.2 Å². The second-order valence-electron chi connectivity index (χ2n) is 7.11. The van der Waals surface area contributed by atoms with Gasteiger partial charge < -0.3 is 5.32 Å². The van der Waals surface area contributed by atoms with E-state index in [1.165, 1.54) is 0 Å². The van der Waals surface area contributed by atoms with Crippen molar-refractivity contribution < 1.29 is 13.2 Å². The van der Waals surface area contributed by atoms with Crippen LogP contribution in [0.1, 0.15) is 58.3 Å². The van der Waals surface area contributed by atoms with Crippen molar-refractivity contribution >= 4 is 38.8 Å². The summed E-state index contributed by atoms with van der Waals surface area (Å²) < 4.78 is 27.7. The van der Waals surface area contributed by atoms with Gasteiger partial charge in [-0.3, -0.25) is 9.52 Å². The summed E-state index contributed by atoms with van der Waals surface area (Å²) in [4.78, 5) is 11.8. The molecule has 0 heterocycles. The van der Waals surface area contributed by atoms with Crippen LogP contribution in [0.5, 0.6) is 0 Å². The topological polar surface area (TPSA) is 75.3 Å². The van der Waals surface area contributed by atoms with E-state index < -0.39 is 10.0 Å². The minimum Gasteiger partial charge on any atom is -0.357 e. The van der Waals surface area contributed by atoms with Crippen LogP contribution >= 0.6 is 11.6 Å². The maximum Gasteiger partial charge on any atom is 0.235 e. The van der Waals surface area contributed by atoms with Gasteiger partial charge in [-0.15, -0.1) is 0 Å². The molecule has 0 bridgehead atoms. The monoisotopic (exact) mass is 396 g/mol. The van der Waals surface area contributed by atoms with Gasteiger partial charge in [0.15, 0.2) is 5.78 Å². The maximum atomic E-state index is 12.5. The van der Waals surface area contributed by atoms with Crippen LogP contribution in [0.15, 0.2) is 29.5 Å². The number of benzene rings is 1. The van der Waals surface area contributed by atoms with E-state index in [0.29, 0.717) is 35.7 Å². The van der Waals surface area contributed by atoms with Crippen LogP contribution in [-0.2, 0) is 14.8 Å². The fourth-order valence-electron chi connectivity index (χ4n) is 3.59. The molecule has 1 aromatic carbocycles. The molecule has 0 aliphatic heterocycles. The first-order valence-electron chi connectivity index (χ1n) is 9.18. The highest BCUT2D eigenvalue weighted by Crippen LogP contribution is 2.31. The minimum absolute atomic E-state index is 0.159. The SMILES string of the molecule is CC1=C(Nc2ccc(NS(=O)(=O)C3CCCCC3)cc2Cl)CCCC1=O. The fraction of sp³-hybridized carbons (Fsp3) is 0.526. The highest BCUT2D eigenvalue weighted by atomic mass is 35.5. The Morgan fingerprint density at radius 3 is 2.50 bits per heavy atom. The number of carbonyl (C=O) groups excluding carboxylic acids is 1. The molecule has 3 rings (SSSR count). The van der Waals surface area contributed by atoms with E-state index in [-0.39, 0.29) is 11.0 Å². The summed E-state index contributed by atoms with van der Waals surface area (Å²) in [6, 6.07) is 5.07. The Kier molecular flexibility index (Phi) is 5.92. The lowest BCUT2D eigenvalue weighted by Gasteiger charge is -2.23. The van der Waals surface area contributed by atoms with E-state index in [9.17, 15) is 13.2 Å². The third-order valence-electron chi connectivity index (χ3n) is 5.21. The van der Waals surface area contributed by atoms with Crippen LogP contribution in [0, 0.1) is 0 Å². The summed E-state index contributed by atoms with van der Waals surface area (Å²) in [5.74, 6) is 0.159. The standard InChI is InChI=1S/C19H25ClN2O3S/c1-13-17(8-5-9-19(13)23)21-18-11-10-14(12-16(18)20)22-26(24,25)15-6-3-2-4-7-15/h10-12,15,21-22H,2-9H2,1H3. The van der Waals surface area contributed by atoms with Crippen molar-refractivity contribution in [2.45, 2.75) is 63.5 Å². The molecule has 0 aromatic heterocycles. The van der Waals surface area contributed by atoms with E-state index >= 15 is 0 Å². The summed E-state index contributed by atoms with van der Waals surface area (Å²) in [6.07, 6.45) is 6.68. The molecule has 2 N–H and O–H groups in total. The van der Waals surface area contributed by atoms with E-state index in [4.69, 9.17) is 11.6 Å². The molecule has 2 aliphatic rings. The zero-order chi connectivity index (χ0) is 18.7. The normalized spacial score (nSPS) is 19.5. The van der Waals surface area contributed by atoms with Crippen molar-refractivity contribution in [2.75, 3.05) is 10.0 Å². The molecule has 1 fully saturated rings. The van der Waals surface area contributed by atoms with Crippen LogP contribution < -0.4 is 10.0 Å². The van der Waals surface area contributed by atoms with Crippen molar-refractivity contribution in [3.8, 4) is 0 Å². The predicted molar refractivity (Wildman–Crippen MR) is 106 cm³/mol. The molecule has 142 valence electrons. The Balaban J connectivity index is 1.73. The number of sulfonamides is 1. The summed E-state index contributed by atoms with van der Waals surface area (Å²) in [7, 11) is -3.39. The quantitative estimate of drug-likeness (QED) is 0.745. The van der Waals surface area contributed by atoms with Gasteiger partial charge in [0.05, 0.1) is 21.6 Å². The first-order valence-corrected chi connectivity index (χ1v) is 11.1. The lowest BCUT2D eigenvalue weighted by molar-refractivity contribution is -0.116. The average Bonchev–Trinajstić information content (AvgIpc) is 2.61. The molecule has 0 saturated heterocycles. The summed E-state index contributed by atoms with van der Waals surface area (Å²) in [6.45, 7) is 1.82. The number of hydrogen-bond donors (Lipinski definition) is 2. The zero-order valence-corrected chi connectivity index (χ0v) is 16.5. The molecule has 0 spiro atoms. The third kappa shape index (κ3) is 4.41. The van der Waals surface area contributed by atoms with Crippen LogP contribution in [-0.4, -0.2) is 19.5 Å². The summed E-state index contributed by atoms with van der Waals surface area (Å²) in [5, 5.41) is 3.33. The number of rotatable bonds is 5. The van der Waals surface area contributed by atoms with Gasteiger partial charge in [0.2, 0.25) is 10.0 Å². The average molecular weight is 397 g/mol. The molecule has 1 saturated carbocycles. The number of hydrogen-bond acceptors (Lipinski definition) is 4. The van der Waals surface area contributed by atoms with Gasteiger partial charge in [-0.1, -0.05) is 30.9 Å². The molecule has 26 heavy (non-hydrogen) atoms. The van der Waals surface area contributed by atoms with Gasteiger partial charge in [-0.2, -0.15) is 0 Å². The zero-order valence-electron chi connectivity index (χ0n) is 15.0. The Bertz CT molecular complexity index is 827. The third-order valence-corrected chi connectivity index (χ3v) is 7.39. The van der Waals surface area contributed by atoms with Crippen LogP contribution in [0.3, 0.4) is 0 Å². The first kappa shape index (κ1) is 19.2. The Morgan fingerprint density at radius 1 is 1.08 bits per heavy atom. The van der Waals surface area contributed by atoms with Gasteiger partial charge >= 0.3 is 0 Å². The molecule has 0 atom stereocenters. The fourth-order valence-corrected chi connectivity index (χ4v) is 5.39. The molecule has 7 heteroatoms. The Hall–Kier alpha value is -1.53. The van der Waals surface area contributed by atoms with Crippen LogP contribution in [0.4, 0.5) is 11.4 Å². The molecule has 0 unspecified atom stereocenters. The molecular weight excluding hydrogens is 372 g/mol. The highest BCUT2D eigenvalue weighted by Gasteiger charge is 2.27.